The van der Waals surface area contributed by atoms with E-state index >= 15 is 0 Å². The number of nitrogens with one attached hydrogen (secondary N) is 1. The van der Waals surface area contributed by atoms with Crippen molar-refractivity contribution in [2.75, 3.05) is 13.2 Å². The number of carboxylic acids is 1. The minimum Gasteiger partial charge on any atom is -0.477 e. The third kappa shape index (κ3) is 4.03. The van der Waals surface area contributed by atoms with Crippen LogP contribution in [0.1, 0.15) is 26.0 Å². The average Bonchev–Trinajstić information content (AvgIpc) is 3.29. The lowest BCUT2D eigenvalue weighted by atomic mass is 9.79. The van der Waals surface area contributed by atoms with Gasteiger partial charge < -0.3 is 30.9 Å². The molecule has 1 fully saturated rings. The lowest BCUT2D eigenvalue weighted by Crippen LogP contribution is -2.63. The number of aliphatic hydroxyl groups is 1. The van der Waals surface area contributed by atoms with Gasteiger partial charge in [0.05, 0.1) is 23.8 Å². The first-order chi connectivity index (χ1) is 15.2. The van der Waals surface area contributed by atoms with Gasteiger partial charge in [-0.05, 0) is 18.9 Å². The Hall–Kier alpha value is -2.41. The summed E-state index contributed by atoms with van der Waals surface area (Å²) in [5.41, 5.74) is 6.81. The van der Waals surface area contributed by atoms with Gasteiger partial charge in [-0.15, -0.1) is 11.3 Å². The van der Waals surface area contributed by atoms with Crippen molar-refractivity contribution in [2.45, 2.75) is 42.8 Å². The summed E-state index contributed by atoms with van der Waals surface area (Å²) in [6.45, 7) is 4.21. The Balaban J connectivity index is 1.51. The quantitative estimate of drug-likeness (QED) is 0.422. The number of aliphatic hydroxyl groups excluding tert-OH is 1. The number of carboxylic acid groups (broad SMARTS) is 1. The van der Waals surface area contributed by atoms with Gasteiger partial charge in [0, 0.05) is 28.8 Å². The van der Waals surface area contributed by atoms with Gasteiger partial charge in [-0.1, -0.05) is 24.8 Å². The maximum Gasteiger partial charge on any atom is 0.404 e. The molecule has 3 aliphatic rings. The van der Waals surface area contributed by atoms with Crippen LogP contribution in [0.25, 0.3) is 5.57 Å². The molecule has 0 saturated carbocycles. The second-order valence-electron chi connectivity index (χ2n) is 8.04. The monoisotopic (exact) mass is 480 g/mol. The highest BCUT2D eigenvalue weighted by atomic mass is 32.2. The number of hydrogen-bond donors (Lipinski definition) is 4. The predicted octanol–water partition coefficient (Wildman–Crippen LogP) is 1.23. The average molecular weight is 481 g/mol. The Morgan fingerprint density at radius 2 is 2.25 bits per heavy atom. The van der Waals surface area contributed by atoms with Crippen LogP contribution in [0.5, 0.6) is 0 Å². The highest BCUT2D eigenvalue weighted by Crippen LogP contribution is 2.52. The van der Waals surface area contributed by atoms with Gasteiger partial charge in [0.1, 0.15) is 12.3 Å². The van der Waals surface area contributed by atoms with Crippen molar-refractivity contribution in [1.82, 2.24) is 15.2 Å². The molecule has 32 heavy (non-hydrogen) atoms. The summed E-state index contributed by atoms with van der Waals surface area (Å²) in [6.07, 6.45) is 0.975. The largest absolute Gasteiger partial charge is 0.477 e. The van der Waals surface area contributed by atoms with E-state index < -0.39 is 24.1 Å². The van der Waals surface area contributed by atoms with Gasteiger partial charge >= 0.3 is 12.1 Å². The van der Waals surface area contributed by atoms with Gasteiger partial charge in [0.15, 0.2) is 4.34 Å². The number of primary amides is 1. The van der Waals surface area contributed by atoms with Crippen molar-refractivity contribution < 1.29 is 29.3 Å². The van der Waals surface area contributed by atoms with Crippen LogP contribution in [-0.2, 0) is 14.3 Å². The van der Waals surface area contributed by atoms with E-state index in [2.05, 4.69) is 10.3 Å². The van der Waals surface area contributed by atoms with Gasteiger partial charge in [-0.25, -0.2) is 14.6 Å². The van der Waals surface area contributed by atoms with Crippen LogP contribution in [0, 0.1) is 11.8 Å². The van der Waals surface area contributed by atoms with Gasteiger partial charge in [0.25, 0.3) is 0 Å². The number of thioether (sulfide) groups is 1. The van der Waals surface area contributed by atoms with E-state index in [4.69, 9.17) is 10.5 Å². The number of nitrogens with zero attached hydrogens (tertiary/aromatic N) is 2. The van der Waals surface area contributed by atoms with Crippen molar-refractivity contribution in [3.63, 3.8) is 0 Å². The Labute approximate surface area is 192 Å². The van der Waals surface area contributed by atoms with Crippen molar-refractivity contribution in [3.05, 3.63) is 27.8 Å². The topological polar surface area (TPSA) is 155 Å². The molecule has 4 rings (SSSR count). The molecule has 0 aromatic carbocycles. The number of aliphatic carboxylic acids is 1. The number of nitrogens with two attached hydrogens (primary N) is 1. The molecule has 1 aromatic rings. The molecular weight excluding hydrogens is 456 g/mol. The molecule has 1 saturated heterocycles. The number of amides is 2. The van der Waals surface area contributed by atoms with Crippen LogP contribution < -0.4 is 11.1 Å². The Bertz CT molecular complexity index is 1020. The molecule has 3 aliphatic heterocycles. The summed E-state index contributed by atoms with van der Waals surface area (Å²) < 4.78 is 5.56. The SMILES string of the molecule is CC(O)C1C(=O)N2C(C(=O)O)=C(Sc3nc(C4=CCNC(COC(N)=O)C4)cs3)C(C)C12. The molecule has 4 heterocycles. The van der Waals surface area contributed by atoms with Gasteiger partial charge in [-0.2, -0.15) is 0 Å². The van der Waals surface area contributed by atoms with Crippen LogP contribution >= 0.6 is 23.1 Å². The van der Waals surface area contributed by atoms with E-state index in [1.54, 1.807) is 6.92 Å². The molecule has 0 spiro atoms. The second-order valence-corrected chi connectivity index (χ2v) is 10.2. The van der Waals surface area contributed by atoms with E-state index in [0.717, 1.165) is 11.3 Å². The van der Waals surface area contributed by atoms with Crippen molar-refractivity contribution in [3.8, 4) is 0 Å². The van der Waals surface area contributed by atoms with Crippen LogP contribution in [0.2, 0.25) is 0 Å². The smallest absolute Gasteiger partial charge is 0.404 e. The fourth-order valence-electron chi connectivity index (χ4n) is 4.48. The highest BCUT2D eigenvalue weighted by Gasteiger charge is 2.60. The lowest BCUT2D eigenvalue weighted by Gasteiger charge is -2.46. The number of ether oxygens (including phenoxy) is 1. The standard InChI is InChI=1S/C20H24N4O6S2/c1-8-14-13(9(2)25)17(26)24(14)15(18(27)28)16(8)32-20-23-12(7-31-20)10-3-4-22-11(5-10)6-30-19(21)29/h3,7-9,11,13-14,22,25H,4-6H2,1-2H3,(H2,21,29)(H,27,28). The maximum atomic E-state index is 12.5. The lowest BCUT2D eigenvalue weighted by molar-refractivity contribution is -0.163. The highest BCUT2D eigenvalue weighted by molar-refractivity contribution is 8.04. The fraction of sp³-hybridized carbons (Fsp3) is 0.500. The summed E-state index contributed by atoms with van der Waals surface area (Å²) >= 11 is 2.66. The maximum absolute atomic E-state index is 12.5. The molecule has 0 radical (unpaired) electrons. The Morgan fingerprint density at radius 1 is 1.50 bits per heavy atom. The van der Waals surface area contributed by atoms with Crippen LogP contribution in [0.4, 0.5) is 4.79 Å². The first kappa shape index (κ1) is 22.8. The molecule has 1 aromatic heterocycles. The minimum absolute atomic E-state index is 0.0177. The van der Waals surface area contributed by atoms with Crippen LogP contribution in [0.15, 0.2) is 26.4 Å². The summed E-state index contributed by atoms with van der Waals surface area (Å²) in [5, 5.41) is 24.9. The number of thiazole rings is 1. The molecular formula is C20H24N4O6S2. The number of rotatable bonds is 7. The summed E-state index contributed by atoms with van der Waals surface area (Å²) in [7, 11) is 0. The van der Waals surface area contributed by atoms with E-state index in [-0.39, 0.29) is 36.2 Å². The number of carbonyl (C=O) groups is 3. The molecule has 10 nitrogen and oxygen atoms in total. The predicted molar refractivity (Wildman–Crippen MR) is 118 cm³/mol. The molecule has 5 atom stereocenters. The van der Waals surface area contributed by atoms with Crippen molar-refractivity contribution in [1.29, 1.82) is 0 Å². The van der Waals surface area contributed by atoms with Crippen molar-refractivity contribution >= 4 is 46.6 Å². The number of aromatic nitrogens is 1. The summed E-state index contributed by atoms with van der Waals surface area (Å²) in [6, 6.07) is -0.419. The van der Waals surface area contributed by atoms with Gasteiger partial charge in [0.2, 0.25) is 5.91 Å². The zero-order chi connectivity index (χ0) is 23.2. The number of β-lactam (4-membered cyclic amide) rings is 1. The normalized spacial score (nSPS) is 28.2. The Kier molecular flexibility index (Phi) is 6.30. The number of carbonyl (C=O) groups excluding carboxylic acids is 2. The van der Waals surface area contributed by atoms with E-state index in [1.807, 2.05) is 18.4 Å². The summed E-state index contributed by atoms with van der Waals surface area (Å²) in [5.74, 6) is -2.32. The number of hydrogen-bond acceptors (Lipinski definition) is 9. The summed E-state index contributed by atoms with van der Waals surface area (Å²) in [4.78, 5) is 41.8. The number of fused-ring (bicyclic) bond motifs is 1. The van der Waals surface area contributed by atoms with E-state index in [1.165, 1.54) is 28.0 Å². The minimum atomic E-state index is -1.16. The van der Waals surface area contributed by atoms with Crippen LogP contribution in [-0.4, -0.2) is 69.4 Å². The first-order valence-electron chi connectivity index (χ1n) is 10.2. The van der Waals surface area contributed by atoms with Crippen molar-refractivity contribution in [2.24, 2.45) is 17.6 Å². The molecule has 2 amide bonds. The van der Waals surface area contributed by atoms with E-state index in [0.29, 0.717) is 22.2 Å². The van der Waals surface area contributed by atoms with Crippen LogP contribution in [0.3, 0.4) is 0 Å². The second kappa shape index (κ2) is 8.85. The van der Waals surface area contributed by atoms with Gasteiger partial charge in [-0.3, -0.25) is 4.79 Å². The molecule has 12 heteroatoms. The molecule has 5 unspecified atom stereocenters. The third-order valence-electron chi connectivity index (χ3n) is 5.97. The molecule has 0 aliphatic carbocycles. The zero-order valence-electron chi connectivity index (χ0n) is 17.5. The zero-order valence-corrected chi connectivity index (χ0v) is 19.1. The third-order valence-corrected chi connectivity index (χ3v) is 8.19. The molecule has 0 bridgehead atoms. The van der Waals surface area contributed by atoms with E-state index in [9.17, 15) is 24.6 Å². The molecule has 172 valence electrons. The first-order valence-corrected chi connectivity index (χ1v) is 11.9. The molecule has 5 N–H and O–H groups in total. The fourth-order valence-corrected chi connectivity index (χ4v) is 6.60. The Morgan fingerprint density at radius 3 is 2.91 bits per heavy atom.